The van der Waals surface area contributed by atoms with Crippen LogP contribution in [0.3, 0.4) is 0 Å². The molecule has 108 valence electrons. The van der Waals surface area contributed by atoms with Crippen molar-refractivity contribution in [1.29, 1.82) is 0 Å². The lowest BCUT2D eigenvalue weighted by Gasteiger charge is -2.22. The Morgan fingerprint density at radius 3 is 2.00 bits per heavy atom. The highest BCUT2D eigenvalue weighted by molar-refractivity contribution is 5.24. The number of aromatic nitrogens is 2. The lowest BCUT2D eigenvalue weighted by Crippen LogP contribution is -2.35. The summed E-state index contributed by atoms with van der Waals surface area (Å²) in [6.45, 7) is 16.0. The van der Waals surface area contributed by atoms with Crippen LogP contribution < -0.4 is 5.32 Å². The first-order valence-electron chi connectivity index (χ1n) is 7.27. The Hall–Kier alpha value is -0.960. The van der Waals surface area contributed by atoms with Crippen molar-refractivity contribution >= 4 is 0 Å². The first-order valence-corrected chi connectivity index (χ1v) is 7.27. The highest BCUT2D eigenvalue weighted by atomic mass is 15.0. The fraction of sp³-hybridized carbons (Fsp3) is 0.750. The lowest BCUT2D eigenvalue weighted by molar-refractivity contribution is 0.422. The summed E-state index contributed by atoms with van der Waals surface area (Å²) in [4.78, 5) is 9.31. The molecular formula is C16H29N3. The van der Waals surface area contributed by atoms with Gasteiger partial charge in [-0.1, -0.05) is 13.8 Å². The number of nitrogens with one attached hydrogen (secondary N) is 1. The van der Waals surface area contributed by atoms with E-state index in [2.05, 4.69) is 63.8 Å². The molecule has 0 aromatic carbocycles. The molecule has 0 fully saturated rings. The maximum atomic E-state index is 4.66. The predicted octanol–water partition coefficient (Wildman–Crippen LogP) is 3.57. The average Bonchev–Trinajstić information content (AvgIpc) is 2.23. The zero-order valence-corrected chi connectivity index (χ0v) is 13.6. The Balaban J connectivity index is 2.79. The van der Waals surface area contributed by atoms with Crippen LogP contribution in [0, 0.1) is 19.8 Å². The first-order chi connectivity index (χ1) is 8.69. The molecule has 19 heavy (non-hydrogen) atoms. The van der Waals surface area contributed by atoms with Gasteiger partial charge in [0.1, 0.15) is 5.82 Å². The van der Waals surface area contributed by atoms with Gasteiger partial charge >= 0.3 is 0 Å². The third-order valence-electron chi connectivity index (χ3n) is 3.21. The first kappa shape index (κ1) is 16.1. The summed E-state index contributed by atoms with van der Waals surface area (Å²) < 4.78 is 0. The molecule has 0 saturated heterocycles. The van der Waals surface area contributed by atoms with Gasteiger partial charge in [-0.05, 0) is 47.0 Å². The van der Waals surface area contributed by atoms with Crippen LogP contribution in [0.2, 0.25) is 0 Å². The van der Waals surface area contributed by atoms with Crippen LogP contribution in [-0.4, -0.2) is 15.5 Å². The minimum atomic E-state index is 0.120. The van der Waals surface area contributed by atoms with E-state index in [1.165, 1.54) is 5.56 Å². The van der Waals surface area contributed by atoms with E-state index < -0.39 is 0 Å². The minimum Gasteiger partial charge on any atom is -0.308 e. The summed E-state index contributed by atoms with van der Waals surface area (Å²) in [5.41, 5.74) is 3.59. The summed E-state index contributed by atoms with van der Waals surface area (Å²) in [5.74, 6) is 1.69. The summed E-state index contributed by atoms with van der Waals surface area (Å²) in [6.07, 6.45) is 2.13. The number of aryl methyl sites for hydroxylation is 3. The number of hydrogen-bond donors (Lipinski definition) is 1. The zero-order chi connectivity index (χ0) is 14.6. The van der Waals surface area contributed by atoms with Crippen LogP contribution in [0.5, 0.6) is 0 Å². The maximum absolute atomic E-state index is 4.66. The SMILES string of the molecule is Cc1nc(CCC(C)C)nc(C)c1CNC(C)(C)C. The largest absolute Gasteiger partial charge is 0.308 e. The van der Waals surface area contributed by atoms with Crippen LogP contribution >= 0.6 is 0 Å². The molecule has 3 heteroatoms. The predicted molar refractivity (Wildman–Crippen MR) is 81.3 cm³/mol. The van der Waals surface area contributed by atoms with Crippen molar-refractivity contribution in [3.05, 3.63) is 22.8 Å². The highest BCUT2D eigenvalue weighted by Gasteiger charge is 2.13. The van der Waals surface area contributed by atoms with E-state index in [-0.39, 0.29) is 5.54 Å². The molecule has 3 nitrogen and oxygen atoms in total. The molecule has 0 aliphatic heterocycles. The molecule has 0 aliphatic rings. The average molecular weight is 263 g/mol. The van der Waals surface area contributed by atoms with Gasteiger partial charge in [-0.3, -0.25) is 0 Å². The van der Waals surface area contributed by atoms with Gasteiger partial charge in [0.2, 0.25) is 0 Å². The van der Waals surface area contributed by atoms with Crippen LogP contribution in [0.15, 0.2) is 0 Å². The van der Waals surface area contributed by atoms with Crippen molar-refractivity contribution < 1.29 is 0 Å². The summed E-state index contributed by atoms with van der Waals surface area (Å²) >= 11 is 0. The normalized spacial score (nSPS) is 12.2. The Labute approximate surface area is 118 Å². The van der Waals surface area contributed by atoms with Crippen molar-refractivity contribution in [2.75, 3.05) is 0 Å². The maximum Gasteiger partial charge on any atom is 0.128 e. The molecule has 1 aromatic heterocycles. The second kappa shape index (κ2) is 6.47. The molecule has 0 aliphatic carbocycles. The van der Waals surface area contributed by atoms with Gasteiger partial charge in [0, 0.05) is 35.5 Å². The molecule has 1 aromatic rings. The minimum absolute atomic E-state index is 0.120. The van der Waals surface area contributed by atoms with E-state index >= 15 is 0 Å². The summed E-state index contributed by atoms with van der Waals surface area (Å²) in [6, 6.07) is 0. The zero-order valence-electron chi connectivity index (χ0n) is 13.6. The molecule has 1 rings (SSSR count). The molecule has 0 unspecified atom stereocenters. The quantitative estimate of drug-likeness (QED) is 0.882. The molecular weight excluding hydrogens is 234 g/mol. The Bertz CT molecular complexity index is 393. The van der Waals surface area contributed by atoms with Crippen molar-refractivity contribution in [3.8, 4) is 0 Å². The summed E-state index contributed by atoms with van der Waals surface area (Å²) in [7, 11) is 0. The van der Waals surface area contributed by atoms with Crippen molar-refractivity contribution in [2.24, 2.45) is 5.92 Å². The molecule has 0 saturated carbocycles. The Kier molecular flexibility index (Phi) is 5.48. The molecule has 1 heterocycles. The molecule has 0 amide bonds. The molecule has 1 N–H and O–H groups in total. The van der Waals surface area contributed by atoms with E-state index in [1.54, 1.807) is 0 Å². The monoisotopic (exact) mass is 263 g/mol. The molecule has 0 bridgehead atoms. The lowest BCUT2D eigenvalue weighted by atomic mass is 10.1. The second-order valence-corrected chi connectivity index (χ2v) is 6.83. The molecule has 0 spiro atoms. The van der Waals surface area contributed by atoms with Gasteiger partial charge in [0.15, 0.2) is 0 Å². The third kappa shape index (κ3) is 5.68. The second-order valence-electron chi connectivity index (χ2n) is 6.83. The smallest absolute Gasteiger partial charge is 0.128 e. The third-order valence-corrected chi connectivity index (χ3v) is 3.21. The van der Waals surface area contributed by atoms with Crippen LogP contribution in [0.25, 0.3) is 0 Å². The van der Waals surface area contributed by atoms with Crippen molar-refractivity contribution in [1.82, 2.24) is 15.3 Å². The van der Waals surface area contributed by atoms with Gasteiger partial charge in [0.25, 0.3) is 0 Å². The number of hydrogen-bond acceptors (Lipinski definition) is 3. The van der Waals surface area contributed by atoms with Crippen molar-refractivity contribution in [2.45, 2.75) is 73.4 Å². The van der Waals surface area contributed by atoms with E-state index in [1.807, 2.05) is 0 Å². The number of nitrogens with zero attached hydrogens (tertiary/aromatic N) is 2. The molecule has 0 radical (unpaired) electrons. The van der Waals surface area contributed by atoms with Gasteiger partial charge in [-0.15, -0.1) is 0 Å². The van der Waals surface area contributed by atoms with Gasteiger partial charge < -0.3 is 5.32 Å². The van der Waals surface area contributed by atoms with E-state index in [0.717, 1.165) is 36.6 Å². The molecule has 0 atom stereocenters. The Morgan fingerprint density at radius 1 is 1.05 bits per heavy atom. The van der Waals surface area contributed by atoms with Gasteiger partial charge in [-0.25, -0.2) is 9.97 Å². The van der Waals surface area contributed by atoms with Gasteiger partial charge in [-0.2, -0.15) is 0 Å². The fourth-order valence-electron chi connectivity index (χ4n) is 1.95. The van der Waals surface area contributed by atoms with Gasteiger partial charge in [0.05, 0.1) is 0 Å². The van der Waals surface area contributed by atoms with Crippen molar-refractivity contribution in [3.63, 3.8) is 0 Å². The fourth-order valence-corrected chi connectivity index (χ4v) is 1.95. The standard InChI is InChI=1S/C16H29N3/c1-11(2)8-9-15-18-12(3)14(13(4)19-15)10-17-16(5,6)7/h11,17H,8-10H2,1-7H3. The Morgan fingerprint density at radius 2 is 1.58 bits per heavy atom. The van der Waals surface area contributed by atoms with Crippen LogP contribution in [0.4, 0.5) is 0 Å². The van der Waals surface area contributed by atoms with Crippen LogP contribution in [-0.2, 0) is 13.0 Å². The number of rotatable bonds is 5. The van der Waals surface area contributed by atoms with E-state index in [9.17, 15) is 0 Å². The van der Waals surface area contributed by atoms with E-state index in [0.29, 0.717) is 5.92 Å². The summed E-state index contributed by atoms with van der Waals surface area (Å²) in [5, 5.41) is 3.51. The van der Waals surface area contributed by atoms with E-state index in [4.69, 9.17) is 0 Å². The topological polar surface area (TPSA) is 37.8 Å². The van der Waals surface area contributed by atoms with Crippen LogP contribution in [0.1, 0.15) is 63.8 Å². The highest BCUT2D eigenvalue weighted by Crippen LogP contribution is 2.14.